The second kappa shape index (κ2) is 8.67. The number of hydrogen-bond donors (Lipinski definition) is 2. The van der Waals surface area contributed by atoms with E-state index in [0.29, 0.717) is 0 Å². The van der Waals surface area contributed by atoms with Crippen LogP contribution in [-0.4, -0.2) is 17.4 Å². The third-order valence-corrected chi connectivity index (χ3v) is 3.87. The van der Waals surface area contributed by atoms with Crippen molar-refractivity contribution < 1.29 is 9.53 Å². The number of nitrogens with zero attached hydrogens (tertiary/aromatic N) is 1. The van der Waals surface area contributed by atoms with E-state index in [1.165, 1.54) is 0 Å². The molecule has 0 fully saturated rings. The quantitative estimate of drug-likeness (QED) is 0.661. The first-order chi connectivity index (χ1) is 12.7. The molecule has 0 atom stereocenters. The number of aromatic nitrogens is 1. The molecule has 0 unspecified atom stereocenters. The zero-order valence-corrected chi connectivity index (χ0v) is 14.6. The van der Waals surface area contributed by atoms with Gasteiger partial charge in [0.05, 0.1) is 6.54 Å². The summed E-state index contributed by atoms with van der Waals surface area (Å²) in [5.74, 6) is 1.38. The summed E-state index contributed by atoms with van der Waals surface area (Å²) in [6.07, 6.45) is 4.24. The van der Waals surface area contributed by atoms with Gasteiger partial charge >= 0.3 is 0 Å². The topological polar surface area (TPSA) is 63.2 Å². The second-order valence-electron chi connectivity index (χ2n) is 5.72. The summed E-state index contributed by atoms with van der Waals surface area (Å²) < 4.78 is 5.72. The van der Waals surface area contributed by atoms with Crippen LogP contribution in [0.5, 0.6) is 11.5 Å². The van der Waals surface area contributed by atoms with Gasteiger partial charge in [0.15, 0.2) is 0 Å². The van der Waals surface area contributed by atoms with Gasteiger partial charge in [0, 0.05) is 23.8 Å². The largest absolute Gasteiger partial charge is 0.457 e. The van der Waals surface area contributed by atoms with E-state index in [-0.39, 0.29) is 12.5 Å². The lowest BCUT2D eigenvalue weighted by molar-refractivity contribution is -0.114. The van der Waals surface area contributed by atoms with Gasteiger partial charge in [-0.1, -0.05) is 25.1 Å². The van der Waals surface area contributed by atoms with Crippen LogP contribution < -0.4 is 15.4 Å². The predicted molar refractivity (Wildman–Crippen MR) is 104 cm³/mol. The van der Waals surface area contributed by atoms with Gasteiger partial charge in [-0.15, -0.1) is 0 Å². The van der Waals surface area contributed by atoms with E-state index >= 15 is 0 Å². The molecule has 132 valence electrons. The lowest BCUT2D eigenvalue weighted by Gasteiger charge is -2.11. The Bertz CT molecular complexity index is 849. The molecule has 0 aliphatic carbocycles. The van der Waals surface area contributed by atoms with Crippen molar-refractivity contribution in [2.45, 2.75) is 13.3 Å². The Morgan fingerprint density at radius 2 is 1.65 bits per heavy atom. The second-order valence-corrected chi connectivity index (χ2v) is 5.72. The fraction of sp³-hybridized carbons (Fsp3) is 0.143. The maximum atomic E-state index is 12.2. The normalized spacial score (nSPS) is 10.2. The number of ether oxygens (including phenoxy) is 1. The first-order valence-electron chi connectivity index (χ1n) is 8.54. The van der Waals surface area contributed by atoms with Gasteiger partial charge in [0.1, 0.15) is 11.5 Å². The fourth-order valence-corrected chi connectivity index (χ4v) is 2.51. The number of rotatable bonds is 7. The Kier molecular flexibility index (Phi) is 5.83. The van der Waals surface area contributed by atoms with Crippen molar-refractivity contribution in [3.8, 4) is 11.5 Å². The van der Waals surface area contributed by atoms with Gasteiger partial charge in [-0.05, 0) is 54.4 Å². The summed E-state index contributed by atoms with van der Waals surface area (Å²) in [4.78, 5) is 16.1. The maximum Gasteiger partial charge on any atom is 0.243 e. The number of pyridine rings is 1. The van der Waals surface area contributed by atoms with Crippen molar-refractivity contribution in [3.05, 3.63) is 78.6 Å². The summed E-state index contributed by atoms with van der Waals surface area (Å²) in [5.41, 5.74) is 2.84. The Labute approximate surface area is 153 Å². The molecule has 2 aromatic carbocycles. The monoisotopic (exact) mass is 347 g/mol. The molecule has 1 aromatic heterocycles. The van der Waals surface area contributed by atoms with Crippen LogP contribution >= 0.6 is 0 Å². The molecule has 5 heteroatoms. The molecule has 1 heterocycles. The average molecular weight is 347 g/mol. The molecule has 0 bridgehead atoms. The molecule has 0 aliphatic rings. The molecule has 0 saturated carbocycles. The minimum atomic E-state index is -0.0805. The van der Waals surface area contributed by atoms with Gasteiger partial charge in [-0.2, -0.15) is 0 Å². The van der Waals surface area contributed by atoms with E-state index < -0.39 is 0 Å². The van der Waals surface area contributed by atoms with Crippen molar-refractivity contribution in [1.82, 2.24) is 4.98 Å². The highest BCUT2D eigenvalue weighted by molar-refractivity contribution is 5.94. The van der Waals surface area contributed by atoms with E-state index in [0.717, 1.165) is 34.9 Å². The minimum Gasteiger partial charge on any atom is -0.457 e. The first-order valence-corrected chi connectivity index (χ1v) is 8.54. The highest BCUT2D eigenvalue weighted by Gasteiger charge is 2.05. The Morgan fingerprint density at radius 3 is 2.38 bits per heavy atom. The summed E-state index contributed by atoms with van der Waals surface area (Å²) >= 11 is 0. The standard InChI is InChI=1S/C21H21N3O2/c1-2-16-5-3-4-6-20(16)24-21(25)15-23-17-7-9-18(10-8-17)26-19-11-13-22-14-12-19/h3-14,23H,2,15H2,1H3,(H,24,25). The molecule has 0 saturated heterocycles. The van der Waals surface area contributed by atoms with E-state index in [2.05, 4.69) is 22.5 Å². The van der Waals surface area contributed by atoms with Crippen LogP contribution in [0.3, 0.4) is 0 Å². The summed E-state index contributed by atoms with van der Waals surface area (Å²) in [6, 6.07) is 18.9. The average Bonchev–Trinajstić information content (AvgIpc) is 2.69. The highest BCUT2D eigenvalue weighted by atomic mass is 16.5. The van der Waals surface area contributed by atoms with Crippen LogP contribution in [0.1, 0.15) is 12.5 Å². The first kappa shape index (κ1) is 17.5. The molecule has 0 radical (unpaired) electrons. The number of amides is 1. The highest BCUT2D eigenvalue weighted by Crippen LogP contribution is 2.22. The van der Waals surface area contributed by atoms with Crippen molar-refractivity contribution >= 4 is 17.3 Å². The van der Waals surface area contributed by atoms with Gasteiger partial charge in [-0.3, -0.25) is 9.78 Å². The minimum absolute atomic E-state index is 0.0805. The fourth-order valence-electron chi connectivity index (χ4n) is 2.51. The van der Waals surface area contributed by atoms with Crippen molar-refractivity contribution in [3.63, 3.8) is 0 Å². The molecule has 0 aliphatic heterocycles. The van der Waals surface area contributed by atoms with Crippen LogP contribution in [0.15, 0.2) is 73.1 Å². The van der Waals surface area contributed by atoms with Crippen LogP contribution in [0.4, 0.5) is 11.4 Å². The molecule has 26 heavy (non-hydrogen) atoms. The molecule has 5 nitrogen and oxygen atoms in total. The van der Waals surface area contributed by atoms with E-state index in [1.54, 1.807) is 24.5 Å². The number of aryl methyl sites for hydroxylation is 1. The summed E-state index contributed by atoms with van der Waals surface area (Å²) in [5, 5.41) is 6.06. The molecule has 3 rings (SSSR count). The number of para-hydroxylation sites is 1. The zero-order chi connectivity index (χ0) is 18.2. The lowest BCUT2D eigenvalue weighted by Crippen LogP contribution is -2.22. The zero-order valence-electron chi connectivity index (χ0n) is 14.6. The Hall–Kier alpha value is -3.34. The lowest BCUT2D eigenvalue weighted by atomic mass is 10.1. The molecule has 0 spiro atoms. The van der Waals surface area contributed by atoms with Crippen LogP contribution in [0, 0.1) is 0 Å². The molecule has 1 amide bonds. The number of benzene rings is 2. The molecular formula is C21H21N3O2. The van der Waals surface area contributed by atoms with Gasteiger partial charge < -0.3 is 15.4 Å². The molecule has 2 N–H and O–H groups in total. The van der Waals surface area contributed by atoms with E-state index in [4.69, 9.17) is 4.74 Å². The van der Waals surface area contributed by atoms with Crippen molar-refractivity contribution in [2.75, 3.05) is 17.2 Å². The Balaban J connectivity index is 1.52. The van der Waals surface area contributed by atoms with Crippen LogP contribution in [-0.2, 0) is 11.2 Å². The van der Waals surface area contributed by atoms with Gasteiger partial charge in [0.25, 0.3) is 0 Å². The number of carbonyl (C=O) groups excluding carboxylic acids is 1. The third-order valence-electron chi connectivity index (χ3n) is 3.87. The summed E-state index contributed by atoms with van der Waals surface area (Å²) in [7, 11) is 0. The van der Waals surface area contributed by atoms with Crippen LogP contribution in [0.2, 0.25) is 0 Å². The Morgan fingerprint density at radius 1 is 0.962 bits per heavy atom. The maximum absolute atomic E-state index is 12.2. The van der Waals surface area contributed by atoms with E-state index in [9.17, 15) is 4.79 Å². The number of carbonyl (C=O) groups is 1. The molecule has 3 aromatic rings. The van der Waals surface area contributed by atoms with Gasteiger partial charge in [-0.25, -0.2) is 0 Å². The molecular weight excluding hydrogens is 326 g/mol. The smallest absolute Gasteiger partial charge is 0.243 e. The number of anilines is 2. The predicted octanol–water partition coefficient (Wildman–Crippen LogP) is 4.49. The summed E-state index contributed by atoms with van der Waals surface area (Å²) in [6.45, 7) is 2.27. The number of nitrogens with one attached hydrogen (secondary N) is 2. The third kappa shape index (κ3) is 4.83. The SMILES string of the molecule is CCc1ccccc1NC(=O)CNc1ccc(Oc2ccncc2)cc1. The van der Waals surface area contributed by atoms with E-state index in [1.807, 2.05) is 48.5 Å². The van der Waals surface area contributed by atoms with Crippen LogP contribution in [0.25, 0.3) is 0 Å². The van der Waals surface area contributed by atoms with Crippen molar-refractivity contribution in [1.29, 1.82) is 0 Å². The van der Waals surface area contributed by atoms with Crippen molar-refractivity contribution in [2.24, 2.45) is 0 Å². The number of hydrogen-bond acceptors (Lipinski definition) is 4. The van der Waals surface area contributed by atoms with Gasteiger partial charge in [0.2, 0.25) is 5.91 Å².